The quantitative estimate of drug-likeness (QED) is 0.125. The molecule has 0 saturated heterocycles. The lowest BCUT2D eigenvalue weighted by Gasteiger charge is -2.25. The molecule has 0 aromatic heterocycles. The van der Waals surface area contributed by atoms with Gasteiger partial charge in [0.15, 0.2) is 0 Å². The SMILES string of the molecule is c1ccc(-c2cc3c(ccc4ccccc43)c(-c3ccccc3)c2-c2c3ccccc3c(-c3cccc4c5ccccc5c5ccccc5c34)c3ccccc23)cc1. The molecule has 0 unspecified atom stereocenters. The first-order valence-electron chi connectivity index (χ1n) is 20.2. The van der Waals surface area contributed by atoms with Crippen LogP contribution in [-0.2, 0) is 0 Å². The second-order valence-corrected chi connectivity index (χ2v) is 15.4. The number of rotatable bonds is 4. The Morgan fingerprint density at radius 2 is 0.621 bits per heavy atom. The maximum Gasteiger partial charge on any atom is -0.000786 e. The highest BCUT2D eigenvalue weighted by molar-refractivity contribution is 6.33. The Labute approximate surface area is 336 Å². The van der Waals surface area contributed by atoms with Gasteiger partial charge >= 0.3 is 0 Å². The smallest absolute Gasteiger partial charge is 0.000786 e. The molecule has 0 heterocycles. The van der Waals surface area contributed by atoms with Crippen LogP contribution in [0.1, 0.15) is 0 Å². The topological polar surface area (TPSA) is 0 Å². The first-order valence-corrected chi connectivity index (χ1v) is 20.2. The minimum Gasteiger partial charge on any atom is -0.0622 e. The van der Waals surface area contributed by atoms with Crippen LogP contribution in [0.5, 0.6) is 0 Å². The largest absolute Gasteiger partial charge is 0.0622 e. The molecule has 0 aliphatic carbocycles. The van der Waals surface area contributed by atoms with Crippen molar-refractivity contribution in [2.24, 2.45) is 0 Å². The van der Waals surface area contributed by atoms with Gasteiger partial charge in [-0.3, -0.25) is 0 Å². The number of hydrogen-bond donors (Lipinski definition) is 0. The molecule has 12 aromatic carbocycles. The Hall–Kier alpha value is -7.54. The normalized spacial score (nSPS) is 11.8. The van der Waals surface area contributed by atoms with E-state index >= 15 is 0 Å². The van der Waals surface area contributed by atoms with Gasteiger partial charge in [-0.2, -0.15) is 0 Å². The zero-order valence-electron chi connectivity index (χ0n) is 31.8. The monoisotopic (exact) mass is 732 g/mol. The van der Waals surface area contributed by atoms with E-state index in [9.17, 15) is 0 Å². The van der Waals surface area contributed by atoms with Crippen molar-refractivity contribution >= 4 is 75.4 Å². The van der Waals surface area contributed by atoms with Gasteiger partial charge in [0, 0.05) is 0 Å². The van der Waals surface area contributed by atoms with Crippen LogP contribution in [0, 0.1) is 0 Å². The Bertz CT molecular complexity index is 3490. The highest BCUT2D eigenvalue weighted by atomic mass is 14.3. The van der Waals surface area contributed by atoms with Crippen molar-refractivity contribution in [2.45, 2.75) is 0 Å². The van der Waals surface area contributed by atoms with Crippen LogP contribution >= 0.6 is 0 Å². The fourth-order valence-electron chi connectivity index (χ4n) is 10.0. The van der Waals surface area contributed by atoms with Crippen LogP contribution in [0.25, 0.3) is 120 Å². The van der Waals surface area contributed by atoms with Crippen LogP contribution in [0.3, 0.4) is 0 Å². The fraction of sp³-hybridized carbons (Fsp3) is 0. The molecule has 58 heavy (non-hydrogen) atoms. The molecule has 0 saturated carbocycles. The van der Waals surface area contributed by atoms with Gasteiger partial charge in [-0.25, -0.2) is 0 Å². The molecule has 0 atom stereocenters. The zero-order chi connectivity index (χ0) is 38.2. The average molecular weight is 733 g/mol. The third-order valence-electron chi connectivity index (χ3n) is 12.4. The summed E-state index contributed by atoms with van der Waals surface area (Å²) < 4.78 is 0. The van der Waals surface area contributed by atoms with Crippen molar-refractivity contribution in [2.75, 3.05) is 0 Å². The molecule has 0 radical (unpaired) electrons. The lowest BCUT2D eigenvalue weighted by atomic mass is 9.78. The van der Waals surface area contributed by atoms with E-state index in [4.69, 9.17) is 0 Å². The fourth-order valence-corrected chi connectivity index (χ4v) is 10.0. The van der Waals surface area contributed by atoms with Crippen molar-refractivity contribution in [1.29, 1.82) is 0 Å². The molecule has 268 valence electrons. The van der Waals surface area contributed by atoms with Gasteiger partial charge in [-0.1, -0.05) is 212 Å². The van der Waals surface area contributed by atoms with Gasteiger partial charge in [0.2, 0.25) is 0 Å². The van der Waals surface area contributed by atoms with Crippen molar-refractivity contribution in [3.05, 3.63) is 218 Å². The minimum atomic E-state index is 1.20. The first-order chi connectivity index (χ1) is 28.8. The summed E-state index contributed by atoms with van der Waals surface area (Å²) in [5.74, 6) is 0. The van der Waals surface area contributed by atoms with E-state index in [1.807, 2.05) is 0 Å². The van der Waals surface area contributed by atoms with E-state index in [0.29, 0.717) is 0 Å². The van der Waals surface area contributed by atoms with E-state index in [2.05, 4.69) is 218 Å². The number of benzene rings is 12. The minimum absolute atomic E-state index is 1.20. The maximum absolute atomic E-state index is 2.47. The summed E-state index contributed by atoms with van der Waals surface area (Å²) in [5, 5.41) is 17.7. The molecule has 0 N–H and O–H groups in total. The number of hydrogen-bond acceptors (Lipinski definition) is 0. The van der Waals surface area contributed by atoms with Crippen molar-refractivity contribution < 1.29 is 0 Å². The van der Waals surface area contributed by atoms with E-state index in [0.717, 1.165) is 0 Å². The third-order valence-corrected chi connectivity index (χ3v) is 12.4. The van der Waals surface area contributed by atoms with Crippen LogP contribution in [0.15, 0.2) is 218 Å². The Kier molecular flexibility index (Phi) is 7.33. The van der Waals surface area contributed by atoms with Crippen LogP contribution in [0.2, 0.25) is 0 Å². The lowest BCUT2D eigenvalue weighted by molar-refractivity contribution is 1.61. The summed E-state index contributed by atoms with van der Waals surface area (Å²) in [6, 6.07) is 81.0. The summed E-state index contributed by atoms with van der Waals surface area (Å²) in [5.41, 5.74) is 9.95. The molecule has 0 heteroatoms. The summed E-state index contributed by atoms with van der Waals surface area (Å²) in [6.07, 6.45) is 0. The predicted octanol–water partition coefficient (Wildman–Crippen LogP) is 16.4. The first kappa shape index (κ1) is 32.7. The maximum atomic E-state index is 2.47. The van der Waals surface area contributed by atoms with Crippen molar-refractivity contribution in [1.82, 2.24) is 0 Å². The Balaban J connectivity index is 1.30. The summed E-state index contributed by atoms with van der Waals surface area (Å²) in [4.78, 5) is 0. The van der Waals surface area contributed by atoms with Gasteiger partial charge in [0.25, 0.3) is 0 Å². The molecule has 0 aliphatic heterocycles. The molecular formula is C58H36. The summed E-state index contributed by atoms with van der Waals surface area (Å²) in [6.45, 7) is 0. The molecule has 0 amide bonds. The number of fused-ring (bicyclic) bond motifs is 11. The molecule has 0 nitrogen and oxygen atoms in total. The highest BCUT2D eigenvalue weighted by Crippen LogP contribution is 2.53. The Morgan fingerprint density at radius 1 is 0.190 bits per heavy atom. The van der Waals surface area contributed by atoms with Crippen LogP contribution in [-0.4, -0.2) is 0 Å². The van der Waals surface area contributed by atoms with Crippen LogP contribution < -0.4 is 0 Å². The predicted molar refractivity (Wildman–Crippen MR) is 251 cm³/mol. The molecule has 0 aliphatic rings. The standard InChI is InChI=1S/C58H36/c1-3-18-37(19-4-1)52-36-53-40-23-8-7-20-38(40)34-35-50(53)54(39-21-5-2-6-22-39)58(52)57-48-30-15-13-28-46(48)56(47-29-14-16-31-49(47)57)51-33-17-32-45-43-25-10-9-24-41(43)42-26-11-12-27-44(42)55(45)51/h1-36H. The molecule has 0 bridgehead atoms. The van der Waals surface area contributed by atoms with E-state index in [1.165, 1.54) is 120 Å². The molecule has 12 aromatic rings. The zero-order valence-corrected chi connectivity index (χ0v) is 31.8. The second-order valence-electron chi connectivity index (χ2n) is 15.4. The summed E-state index contributed by atoms with van der Waals surface area (Å²) >= 11 is 0. The van der Waals surface area contributed by atoms with E-state index < -0.39 is 0 Å². The van der Waals surface area contributed by atoms with Crippen LogP contribution in [0.4, 0.5) is 0 Å². The average Bonchev–Trinajstić information content (AvgIpc) is 3.30. The molecule has 0 spiro atoms. The van der Waals surface area contributed by atoms with Crippen molar-refractivity contribution in [3.63, 3.8) is 0 Å². The van der Waals surface area contributed by atoms with Gasteiger partial charge < -0.3 is 0 Å². The van der Waals surface area contributed by atoms with Gasteiger partial charge in [-0.15, -0.1) is 0 Å². The van der Waals surface area contributed by atoms with Gasteiger partial charge in [0.1, 0.15) is 0 Å². The van der Waals surface area contributed by atoms with Gasteiger partial charge in [-0.05, 0) is 126 Å². The molecular weight excluding hydrogens is 697 g/mol. The second kappa shape index (κ2) is 13.0. The summed E-state index contributed by atoms with van der Waals surface area (Å²) in [7, 11) is 0. The van der Waals surface area contributed by atoms with E-state index in [-0.39, 0.29) is 0 Å². The molecule has 12 rings (SSSR count). The molecule has 0 fully saturated rings. The Morgan fingerprint density at radius 3 is 1.22 bits per heavy atom. The third kappa shape index (κ3) is 4.82. The highest BCUT2D eigenvalue weighted by Gasteiger charge is 2.25. The van der Waals surface area contributed by atoms with E-state index in [1.54, 1.807) is 0 Å². The lowest BCUT2D eigenvalue weighted by Crippen LogP contribution is -1.97. The van der Waals surface area contributed by atoms with Gasteiger partial charge in [0.05, 0.1) is 0 Å². The van der Waals surface area contributed by atoms with Crippen molar-refractivity contribution in [3.8, 4) is 44.5 Å².